The van der Waals surface area contributed by atoms with Crippen LogP contribution in [0.15, 0.2) is 40.3 Å². The van der Waals surface area contributed by atoms with Gasteiger partial charge in [0.25, 0.3) is 0 Å². The predicted molar refractivity (Wildman–Crippen MR) is 106 cm³/mol. The number of carbonyl (C=O) groups is 1. The molecule has 0 aliphatic carbocycles. The smallest absolute Gasteiger partial charge is 0.227 e. The molecule has 0 saturated heterocycles. The minimum Gasteiger partial charge on any atom is -0.467 e. The first-order valence-corrected chi connectivity index (χ1v) is 11.7. The predicted octanol–water partition coefficient (Wildman–Crippen LogP) is 2.42. The van der Waals surface area contributed by atoms with Crippen molar-refractivity contribution in [3.63, 3.8) is 0 Å². The Morgan fingerprint density at radius 1 is 1.30 bits per heavy atom. The van der Waals surface area contributed by atoms with E-state index in [2.05, 4.69) is 15.0 Å². The molecule has 3 heterocycles. The van der Waals surface area contributed by atoms with Gasteiger partial charge in [-0.05, 0) is 30.7 Å². The van der Waals surface area contributed by atoms with Crippen molar-refractivity contribution in [2.45, 2.75) is 19.4 Å². The average molecular weight is 426 g/mol. The lowest BCUT2D eigenvalue weighted by Crippen LogP contribution is -2.24. The van der Waals surface area contributed by atoms with E-state index in [9.17, 15) is 13.2 Å². The van der Waals surface area contributed by atoms with Gasteiger partial charge >= 0.3 is 0 Å². The molecule has 3 aromatic heterocycles. The van der Waals surface area contributed by atoms with Crippen LogP contribution in [0.5, 0.6) is 0 Å². The van der Waals surface area contributed by atoms with Crippen molar-refractivity contribution in [1.82, 2.24) is 15.0 Å². The standard InChI is InChI=1S/C17H19N3O4S3/c1-27(22,23)19-7-6-13-4-5-15(26-13)14-11-25-17(20-14)9-16(21)18-10-12-3-2-8-24-12/h2-5,8,11,19H,6-7,9-10H2,1H3,(H,18,21). The van der Waals surface area contributed by atoms with Crippen LogP contribution >= 0.6 is 22.7 Å². The molecular weight excluding hydrogens is 406 g/mol. The molecular formula is C17H19N3O4S3. The summed E-state index contributed by atoms with van der Waals surface area (Å²) >= 11 is 3.02. The van der Waals surface area contributed by atoms with Crippen LogP contribution in [0.3, 0.4) is 0 Å². The first kappa shape index (κ1) is 19.7. The lowest BCUT2D eigenvalue weighted by molar-refractivity contribution is -0.120. The Kier molecular flexibility index (Phi) is 6.42. The number of aromatic nitrogens is 1. The number of amides is 1. The van der Waals surface area contributed by atoms with Gasteiger partial charge in [-0.2, -0.15) is 0 Å². The minimum absolute atomic E-state index is 0.106. The molecule has 3 aromatic rings. The SMILES string of the molecule is CS(=O)(=O)NCCc1ccc(-c2csc(CC(=O)NCc3ccco3)n2)s1. The third kappa shape index (κ3) is 6.28. The van der Waals surface area contributed by atoms with E-state index in [1.54, 1.807) is 23.7 Å². The van der Waals surface area contributed by atoms with Crippen molar-refractivity contribution < 1.29 is 17.6 Å². The molecule has 144 valence electrons. The molecule has 0 aliphatic rings. The van der Waals surface area contributed by atoms with Crippen LogP contribution in [0, 0.1) is 0 Å². The van der Waals surface area contributed by atoms with Gasteiger partial charge in [-0.1, -0.05) is 0 Å². The van der Waals surface area contributed by atoms with Gasteiger partial charge in [0.05, 0.1) is 36.1 Å². The molecule has 27 heavy (non-hydrogen) atoms. The highest BCUT2D eigenvalue weighted by Crippen LogP contribution is 2.29. The van der Waals surface area contributed by atoms with E-state index in [0.717, 1.165) is 26.7 Å². The molecule has 0 saturated carbocycles. The van der Waals surface area contributed by atoms with E-state index < -0.39 is 10.0 Å². The lowest BCUT2D eigenvalue weighted by Gasteiger charge is -2.01. The summed E-state index contributed by atoms with van der Waals surface area (Å²) in [6.45, 7) is 0.733. The Labute approximate surface area is 165 Å². The third-order valence-electron chi connectivity index (χ3n) is 3.55. The van der Waals surface area contributed by atoms with Crippen LogP contribution in [0.25, 0.3) is 10.6 Å². The maximum atomic E-state index is 12.0. The normalized spacial score (nSPS) is 11.6. The number of hydrogen-bond donors (Lipinski definition) is 2. The highest BCUT2D eigenvalue weighted by Gasteiger charge is 2.11. The molecule has 1 amide bonds. The summed E-state index contributed by atoms with van der Waals surface area (Å²) in [5, 5.41) is 5.48. The van der Waals surface area contributed by atoms with E-state index >= 15 is 0 Å². The Morgan fingerprint density at radius 2 is 2.15 bits per heavy atom. The summed E-state index contributed by atoms with van der Waals surface area (Å²) < 4.78 is 29.9. The second-order valence-electron chi connectivity index (χ2n) is 5.84. The van der Waals surface area contributed by atoms with E-state index in [0.29, 0.717) is 25.3 Å². The number of nitrogens with one attached hydrogen (secondary N) is 2. The number of sulfonamides is 1. The fourth-order valence-electron chi connectivity index (χ4n) is 2.31. The van der Waals surface area contributed by atoms with Gasteiger partial charge in [0.2, 0.25) is 15.9 Å². The number of thiazole rings is 1. The maximum Gasteiger partial charge on any atom is 0.227 e. The van der Waals surface area contributed by atoms with Crippen LogP contribution in [0.1, 0.15) is 15.6 Å². The molecule has 2 N–H and O–H groups in total. The van der Waals surface area contributed by atoms with Gasteiger partial charge < -0.3 is 9.73 Å². The van der Waals surface area contributed by atoms with Gasteiger partial charge in [-0.15, -0.1) is 22.7 Å². The Morgan fingerprint density at radius 3 is 2.89 bits per heavy atom. The topological polar surface area (TPSA) is 101 Å². The van der Waals surface area contributed by atoms with Gasteiger partial charge in [0.15, 0.2) is 0 Å². The van der Waals surface area contributed by atoms with Crippen molar-refractivity contribution in [2.24, 2.45) is 0 Å². The minimum atomic E-state index is -3.17. The number of carbonyl (C=O) groups excluding carboxylic acids is 1. The lowest BCUT2D eigenvalue weighted by atomic mass is 10.3. The summed E-state index contributed by atoms with van der Waals surface area (Å²) in [4.78, 5) is 18.6. The third-order valence-corrected chi connectivity index (χ3v) is 6.30. The molecule has 3 rings (SSSR count). The molecule has 0 aliphatic heterocycles. The van der Waals surface area contributed by atoms with E-state index in [1.165, 1.54) is 11.3 Å². The van der Waals surface area contributed by atoms with E-state index in [4.69, 9.17) is 4.42 Å². The fraction of sp³-hybridized carbons (Fsp3) is 0.294. The quantitative estimate of drug-likeness (QED) is 0.548. The summed E-state index contributed by atoms with van der Waals surface area (Å²) in [6.07, 6.45) is 3.57. The average Bonchev–Trinajstić information content (AvgIpc) is 3.33. The van der Waals surface area contributed by atoms with Gasteiger partial charge in [-0.3, -0.25) is 4.79 Å². The van der Waals surface area contributed by atoms with Crippen LogP contribution in [-0.4, -0.2) is 32.1 Å². The van der Waals surface area contributed by atoms with E-state index in [-0.39, 0.29) is 12.3 Å². The molecule has 10 heteroatoms. The highest BCUT2D eigenvalue weighted by atomic mass is 32.2. The second-order valence-corrected chi connectivity index (χ2v) is 9.79. The molecule has 7 nitrogen and oxygen atoms in total. The molecule has 0 fully saturated rings. The van der Waals surface area contributed by atoms with E-state index in [1.807, 2.05) is 23.6 Å². The first-order valence-electron chi connectivity index (χ1n) is 8.16. The fourth-order valence-corrected chi connectivity index (χ4v) is 4.62. The zero-order valence-corrected chi connectivity index (χ0v) is 17.0. The Balaban J connectivity index is 1.52. The number of rotatable bonds is 9. The largest absolute Gasteiger partial charge is 0.467 e. The summed E-state index contributed by atoms with van der Waals surface area (Å²) in [6, 6.07) is 7.53. The number of thiophene rings is 1. The molecule has 0 atom stereocenters. The van der Waals surface area contributed by atoms with Crippen LogP contribution in [-0.2, 0) is 34.2 Å². The molecule has 0 bridgehead atoms. The molecule has 0 radical (unpaired) electrons. The van der Waals surface area contributed by atoms with Crippen molar-refractivity contribution in [2.75, 3.05) is 12.8 Å². The maximum absolute atomic E-state index is 12.0. The van der Waals surface area contributed by atoms with Crippen molar-refractivity contribution in [3.8, 4) is 10.6 Å². The number of nitrogens with zero attached hydrogens (tertiary/aromatic N) is 1. The van der Waals surface area contributed by atoms with Crippen molar-refractivity contribution >= 4 is 38.6 Å². The summed E-state index contributed by atoms with van der Waals surface area (Å²) in [5.74, 6) is 0.602. The number of furan rings is 1. The van der Waals surface area contributed by atoms with Gasteiger partial charge in [0, 0.05) is 16.8 Å². The monoisotopic (exact) mass is 425 g/mol. The Bertz CT molecular complexity index is 990. The van der Waals surface area contributed by atoms with Crippen LogP contribution in [0.2, 0.25) is 0 Å². The highest BCUT2D eigenvalue weighted by molar-refractivity contribution is 7.88. The zero-order valence-electron chi connectivity index (χ0n) is 14.6. The second kappa shape index (κ2) is 8.79. The van der Waals surface area contributed by atoms with Gasteiger partial charge in [0.1, 0.15) is 10.8 Å². The number of hydrogen-bond acceptors (Lipinski definition) is 7. The zero-order chi connectivity index (χ0) is 19.3. The van der Waals surface area contributed by atoms with Crippen molar-refractivity contribution in [3.05, 3.63) is 51.6 Å². The Hall–Kier alpha value is -2.01. The van der Waals surface area contributed by atoms with Crippen molar-refractivity contribution in [1.29, 1.82) is 0 Å². The molecule has 0 unspecified atom stereocenters. The molecule has 0 aromatic carbocycles. The van der Waals surface area contributed by atoms with Crippen LogP contribution < -0.4 is 10.0 Å². The molecule has 0 spiro atoms. The first-order chi connectivity index (χ1) is 12.9. The summed E-state index contributed by atoms with van der Waals surface area (Å²) in [5.41, 5.74) is 0.834. The summed E-state index contributed by atoms with van der Waals surface area (Å²) in [7, 11) is -3.17. The van der Waals surface area contributed by atoms with Gasteiger partial charge in [-0.25, -0.2) is 18.1 Å². The van der Waals surface area contributed by atoms with Crippen LogP contribution in [0.4, 0.5) is 0 Å².